The number of aromatic nitrogens is 3. The average molecular weight is 339 g/mol. The molecule has 1 aromatic heterocycles. The predicted molar refractivity (Wildman–Crippen MR) is 95.4 cm³/mol. The molecule has 2 aliphatic rings. The van der Waals surface area contributed by atoms with Gasteiger partial charge in [-0.25, -0.2) is 0 Å². The Morgan fingerprint density at radius 3 is 2.60 bits per heavy atom. The maximum Gasteiger partial charge on any atom is 0.273 e. The summed E-state index contributed by atoms with van der Waals surface area (Å²) in [6.07, 6.45) is 6.03. The van der Waals surface area contributed by atoms with Gasteiger partial charge in [0.25, 0.3) is 5.91 Å². The van der Waals surface area contributed by atoms with Crippen molar-refractivity contribution in [3.63, 3.8) is 0 Å². The number of nitrogens with zero attached hydrogens (tertiary/aromatic N) is 3. The summed E-state index contributed by atoms with van der Waals surface area (Å²) >= 11 is 0. The van der Waals surface area contributed by atoms with Gasteiger partial charge in [0.2, 0.25) is 0 Å². The molecule has 0 radical (unpaired) electrons. The Kier molecular flexibility index (Phi) is 4.29. The van der Waals surface area contributed by atoms with E-state index in [4.69, 9.17) is 0 Å². The normalized spacial score (nSPS) is 20.4. The summed E-state index contributed by atoms with van der Waals surface area (Å²) in [5.41, 5.74) is 3.53. The van der Waals surface area contributed by atoms with Crippen molar-refractivity contribution in [1.82, 2.24) is 25.6 Å². The fourth-order valence-electron chi connectivity index (χ4n) is 3.83. The first-order valence-electron chi connectivity index (χ1n) is 9.11. The van der Waals surface area contributed by atoms with E-state index < -0.39 is 0 Å². The van der Waals surface area contributed by atoms with Gasteiger partial charge < -0.3 is 10.2 Å². The lowest BCUT2D eigenvalue weighted by atomic mass is 9.93. The van der Waals surface area contributed by atoms with Gasteiger partial charge in [0.05, 0.1) is 6.20 Å². The van der Waals surface area contributed by atoms with Gasteiger partial charge in [-0.15, -0.1) is 0 Å². The van der Waals surface area contributed by atoms with Crippen molar-refractivity contribution in [3.05, 3.63) is 47.3 Å². The number of H-pyrrole nitrogens is 1. The quantitative estimate of drug-likeness (QED) is 0.874. The topological polar surface area (TPSA) is 73.9 Å². The molecule has 1 amide bonds. The van der Waals surface area contributed by atoms with E-state index >= 15 is 0 Å². The van der Waals surface area contributed by atoms with Gasteiger partial charge in [0, 0.05) is 31.1 Å². The van der Waals surface area contributed by atoms with Crippen LogP contribution >= 0.6 is 0 Å². The van der Waals surface area contributed by atoms with Gasteiger partial charge >= 0.3 is 0 Å². The minimum atomic E-state index is -0.134. The molecule has 2 fully saturated rings. The first kappa shape index (κ1) is 16.3. The zero-order chi connectivity index (χ0) is 17.3. The molecule has 1 aliphatic carbocycles. The number of amides is 1. The van der Waals surface area contributed by atoms with Crippen molar-refractivity contribution in [3.8, 4) is 0 Å². The number of rotatable bonds is 5. The van der Waals surface area contributed by atoms with Crippen LogP contribution < -0.4 is 5.32 Å². The van der Waals surface area contributed by atoms with Crippen LogP contribution in [0, 0.1) is 6.92 Å². The van der Waals surface area contributed by atoms with Gasteiger partial charge in [0.15, 0.2) is 5.69 Å². The average Bonchev–Trinajstić information content (AvgIpc) is 3.19. The van der Waals surface area contributed by atoms with Crippen LogP contribution in [0.25, 0.3) is 0 Å². The lowest BCUT2D eigenvalue weighted by Gasteiger charge is -2.34. The van der Waals surface area contributed by atoms with E-state index in [-0.39, 0.29) is 11.9 Å². The highest BCUT2D eigenvalue weighted by molar-refractivity contribution is 5.91. The summed E-state index contributed by atoms with van der Waals surface area (Å²) in [7, 11) is 0. The van der Waals surface area contributed by atoms with E-state index in [2.05, 4.69) is 56.8 Å². The zero-order valence-corrected chi connectivity index (χ0v) is 14.7. The highest BCUT2D eigenvalue weighted by Gasteiger charge is 2.45. The molecule has 6 heteroatoms. The third kappa shape index (κ3) is 3.58. The van der Waals surface area contributed by atoms with E-state index in [0.29, 0.717) is 11.1 Å². The number of hydrogen-bond donors (Lipinski definition) is 2. The number of benzene rings is 1. The summed E-state index contributed by atoms with van der Waals surface area (Å²) in [4.78, 5) is 14.6. The summed E-state index contributed by atoms with van der Waals surface area (Å²) in [6, 6.07) is 9.28. The van der Waals surface area contributed by atoms with E-state index in [1.54, 1.807) is 0 Å². The van der Waals surface area contributed by atoms with Crippen molar-refractivity contribution in [1.29, 1.82) is 0 Å². The molecule has 1 aromatic carbocycles. The number of carbonyl (C=O) groups is 1. The lowest BCUT2D eigenvalue weighted by Crippen LogP contribution is -2.46. The molecule has 2 heterocycles. The summed E-state index contributed by atoms with van der Waals surface area (Å²) in [5.74, 6) is -0.134. The second kappa shape index (κ2) is 6.59. The Hall–Kier alpha value is -2.21. The highest BCUT2D eigenvalue weighted by atomic mass is 16.2. The number of aryl methyl sites for hydroxylation is 1. The third-order valence-corrected chi connectivity index (χ3v) is 5.61. The standard InChI is InChI=1S/C19H25N5O/c1-14-2-4-15(5-3-14)19(8-9-19)13-24-10-6-16(7-11-24)21-18(25)17-12-20-23-22-17/h2-5,12,16H,6-11,13H2,1H3,(H,21,25)(H,20,22,23). The Balaban J connectivity index is 1.29. The van der Waals surface area contributed by atoms with Crippen LogP contribution in [0.3, 0.4) is 0 Å². The molecule has 0 bridgehead atoms. The second-order valence-electron chi connectivity index (χ2n) is 7.53. The van der Waals surface area contributed by atoms with Crippen LogP contribution in [0.4, 0.5) is 0 Å². The molecule has 1 saturated carbocycles. The van der Waals surface area contributed by atoms with Crippen LogP contribution in [0.1, 0.15) is 47.3 Å². The SMILES string of the molecule is Cc1ccc(C2(CN3CCC(NC(=O)c4cn[nH]n4)CC3)CC2)cc1. The van der Waals surface area contributed by atoms with E-state index in [1.807, 2.05) is 0 Å². The van der Waals surface area contributed by atoms with Crippen molar-refractivity contribution < 1.29 is 4.79 Å². The van der Waals surface area contributed by atoms with Crippen LogP contribution in [0.5, 0.6) is 0 Å². The smallest absolute Gasteiger partial charge is 0.273 e. The number of piperidine rings is 1. The van der Waals surface area contributed by atoms with Crippen LogP contribution in [0.2, 0.25) is 0 Å². The molecular formula is C19H25N5O. The summed E-state index contributed by atoms with van der Waals surface area (Å²) in [5, 5.41) is 13.1. The zero-order valence-electron chi connectivity index (χ0n) is 14.7. The molecule has 1 saturated heterocycles. The number of aromatic amines is 1. The molecule has 0 spiro atoms. The van der Waals surface area contributed by atoms with Gasteiger partial charge in [-0.1, -0.05) is 29.8 Å². The van der Waals surface area contributed by atoms with Gasteiger partial charge in [0.1, 0.15) is 0 Å². The number of likely N-dealkylation sites (tertiary alicyclic amines) is 1. The number of nitrogens with one attached hydrogen (secondary N) is 2. The monoisotopic (exact) mass is 339 g/mol. The molecule has 0 unspecified atom stereocenters. The lowest BCUT2D eigenvalue weighted by molar-refractivity contribution is 0.0903. The molecule has 2 N–H and O–H groups in total. The molecule has 25 heavy (non-hydrogen) atoms. The second-order valence-corrected chi connectivity index (χ2v) is 7.53. The number of hydrogen-bond acceptors (Lipinski definition) is 4. The van der Waals surface area contributed by atoms with Gasteiger partial charge in [-0.05, 0) is 38.2 Å². The van der Waals surface area contributed by atoms with Crippen LogP contribution in [-0.2, 0) is 5.41 Å². The van der Waals surface area contributed by atoms with E-state index in [9.17, 15) is 4.79 Å². The van der Waals surface area contributed by atoms with E-state index in [0.717, 1.165) is 32.5 Å². The molecule has 0 atom stereocenters. The molecule has 6 nitrogen and oxygen atoms in total. The number of carbonyl (C=O) groups excluding carboxylic acids is 1. The Bertz CT molecular complexity index is 713. The maximum atomic E-state index is 12.1. The van der Waals surface area contributed by atoms with Gasteiger partial charge in [-0.2, -0.15) is 15.4 Å². The van der Waals surface area contributed by atoms with E-state index in [1.165, 1.54) is 30.2 Å². The van der Waals surface area contributed by atoms with Gasteiger partial charge in [-0.3, -0.25) is 4.79 Å². The van der Waals surface area contributed by atoms with Crippen molar-refractivity contribution in [2.24, 2.45) is 0 Å². The highest BCUT2D eigenvalue weighted by Crippen LogP contribution is 2.49. The predicted octanol–water partition coefficient (Wildman–Crippen LogP) is 2.04. The molecular weight excluding hydrogens is 314 g/mol. The van der Waals surface area contributed by atoms with Crippen molar-refractivity contribution in [2.75, 3.05) is 19.6 Å². The Morgan fingerprint density at radius 2 is 2.00 bits per heavy atom. The molecule has 2 aromatic rings. The Labute approximate surface area is 148 Å². The Morgan fingerprint density at radius 1 is 1.28 bits per heavy atom. The molecule has 1 aliphatic heterocycles. The summed E-state index contributed by atoms with van der Waals surface area (Å²) < 4.78 is 0. The minimum Gasteiger partial charge on any atom is -0.348 e. The van der Waals surface area contributed by atoms with Crippen LogP contribution in [-0.4, -0.2) is 51.9 Å². The molecule has 132 valence electrons. The summed E-state index contributed by atoms with van der Waals surface area (Å²) in [6.45, 7) is 5.36. The maximum absolute atomic E-state index is 12.1. The third-order valence-electron chi connectivity index (χ3n) is 5.61. The van der Waals surface area contributed by atoms with Crippen molar-refractivity contribution in [2.45, 2.75) is 44.1 Å². The fourth-order valence-corrected chi connectivity index (χ4v) is 3.83. The first-order valence-corrected chi connectivity index (χ1v) is 9.11. The largest absolute Gasteiger partial charge is 0.348 e. The first-order chi connectivity index (χ1) is 12.1. The van der Waals surface area contributed by atoms with Crippen molar-refractivity contribution >= 4 is 5.91 Å². The molecule has 4 rings (SSSR count). The van der Waals surface area contributed by atoms with Crippen LogP contribution in [0.15, 0.2) is 30.5 Å². The minimum absolute atomic E-state index is 0.134. The fraction of sp³-hybridized carbons (Fsp3) is 0.526.